The summed E-state index contributed by atoms with van der Waals surface area (Å²) in [5, 5.41) is 5.92. The van der Waals surface area contributed by atoms with Gasteiger partial charge in [-0.1, -0.05) is 6.07 Å². The first kappa shape index (κ1) is 15.1. The lowest BCUT2D eigenvalue weighted by Crippen LogP contribution is -2.36. The van der Waals surface area contributed by atoms with Crippen LogP contribution in [0.1, 0.15) is 0 Å². The topological polar surface area (TPSA) is 40.6 Å². The maximum absolute atomic E-state index is 5.45. The van der Waals surface area contributed by atoms with Crippen LogP contribution in [0.2, 0.25) is 0 Å². The largest absolute Gasteiger partial charge is 0.384 e. The Hall–Kier alpha value is -1.85. The summed E-state index contributed by atoms with van der Waals surface area (Å²) < 4.78 is 5.45. The first-order valence-electron chi connectivity index (χ1n) is 7.84. The molecule has 0 saturated carbocycles. The molecule has 5 heteroatoms. The van der Waals surface area contributed by atoms with Crippen molar-refractivity contribution < 1.29 is 4.74 Å². The highest BCUT2D eigenvalue weighted by atomic mass is 16.5. The predicted octanol–water partition coefficient (Wildman–Crippen LogP) is 2.04. The molecule has 22 heavy (non-hydrogen) atoms. The monoisotopic (exact) mass is 300 g/mol. The van der Waals surface area contributed by atoms with Crippen LogP contribution in [0, 0.1) is 0 Å². The Morgan fingerprint density at radius 1 is 1.23 bits per heavy atom. The fourth-order valence-corrected chi connectivity index (χ4v) is 2.71. The second kappa shape index (κ2) is 6.94. The van der Waals surface area contributed by atoms with E-state index in [1.54, 1.807) is 0 Å². The first-order valence-corrected chi connectivity index (χ1v) is 7.84. The molecule has 0 amide bonds. The molecule has 0 atom stereocenters. The van der Waals surface area contributed by atoms with Gasteiger partial charge in [0.1, 0.15) is 5.82 Å². The summed E-state index contributed by atoms with van der Waals surface area (Å²) in [7, 11) is 4.17. The van der Waals surface area contributed by atoms with E-state index in [1.165, 1.54) is 10.8 Å². The molecule has 0 bridgehead atoms. The van der Waals surface area contributed by atoms with E-state index in [-0.39, 0.29) is 0 Å². The lowest BCUT2D eigenvalue weighted by Gasteiger charge is -2.28. The molecule has 1 aromatic heterocycles. The molecule has 5 nitrogen and oxygen atoms in total. The third kappa shape index (κ3) is 3.48. The Kier molecular flexibility index (Phi) is 4.75. The number of ether oxygens (including phenoxy) is 1. The second-order valence-corrected chi connectivity index (χ2v) is 5.90. The number of benzene rings is 1. The number of nitrogens with one attached hydrogen (secondary N) is 1. The number of anilines is 2. The molecule has 0 spiro atoms. The summed E-state index contributed by atoms with van der Waals surface area (Å²) >= 11 is 0. The molecular formula is C17H24N4O. The summed E-state index contributed by atoms with van der Waals surface area (Å²) in [6.45, 7) is 5.32. The first-order chi connectivity index (χ1) is 10.7. The van der Waals surface area contributed by atoms with Crippen molar-refractivity contribution in [3.05, 3.63) is 30.5 Å². The third-order valence-electron chi connectivity index (χ3n) is 3.94. The average molecular weight is 300 g/mol. The highest BCUT2D eigenvalue weighted by molar-refractivity contribution is 5.94. The molecule has 118 valence electrons. The van der Waals surface area contributed by atoms with Crippen LogP contribution in [-0.4, -0.2) is 63.4 Å². The van der Waals surface area contributed by atoms with E-state index in [9.17, 15) is 0 Å². The molecule has 1 N–H and O–H groups in total. The van der Waals surface area contributed by atoms with Gasteiger partial charge in [-0.15, -0.1) is 0 Å². The summed E-state index contributed by atoms with van der Waals surface area (Å²) in [4.78, 5) is 9.10. The zero-order valence-corrected chi connectivity index (χ0v) is 13.4. The lowest BCUT2D eigenvalue weighted by atomic mass is 10.1. The average Bonchev–Trinajstić information content (AvgIpc) is 2.55. The zero-order chi connectivity index (χ0) is 15.4. The van der Waals surface area contributed by atoms with Gasteiger partial charge in [0, 0.05) is 43.4 Å². The van der Waals surface area contributed by atoms with Gasteiger partial charge in [0.25, 0.3) is 0 Å². The number of hydrogen-bond acceptors (Lipinski definition) is 5. The van der Waals surface area contributed by atoms with Gasteiger partial charge in [0.15, 0.2) is 0 Å². The van der Waals surface area contributed by atoms with E-state index in [4.69, 9.17) is 4.74 Å². The number of fused-ring (bicyclic) bond motifs is 1. The van der Waals surface area contributed by atoms with Crippen molar-refractivity contribution in [3.63, 3.8) is 0 Å². The van der Waals surface area contributed by atoms with Gasteiger partial charge in [-0.3, -0.25) is 0 Å². The van der Waals surface area contributed by atoms with Crippen LogP contribution in [0.3, 0.4) is 0 Å². The van der Waals surface area contributed by atoms with E-state index >= 15 is 0 Å². The summed E-state index contributed by atoms with van der Waals surface area (Å²) in [6.07, 6.45) is 1.90. The number of aromatic nitrogens is 1. The smallest absolute Gasteiger partial charge is 0.136 e. The van der Waals surface area contributed by atoms with Crippen molar-refractivity contribution in [2.24, 2.45) is 0 Å². The van der Waals surface area contributed by atoms with Crippen molar-refractivity contribution in [2.75, 3.05) is 63.7 Å². The normalized spacial score (nSPS) is 15.5. The molecular weight excluding hydrogens is 276 g/mol. The number of pyridine rings is 1. The highest BCUT2D eigenvalue weighted by Crippen LogP contribution is 2.27. The fourth-order valence-electron chi connectivity index (χ4n) is 2.71. The fraction of sp³-hybridized carbons (Fsp3) is 0.471. The second-order valence-electron chi connectivity index (χ2n) is 5.90. The Balaban J connectivity index is 1.85. The molecule has 1 saturated heterocycles. The highest BCUT2D eigenvalue weighted by Gasteiger charge is 2.15. The van der Waals surface area contributed by atoms with Crippen molar-refractivity contribution >= 4 is 22.3 Å². The number of hydrogen-bond donors (Lipinski definition) is 1. The molecule has 3 rings (SSSR count). The van der Waals surface area contributed by atoms with E-state index in [0.717, 1.165) is 50.9 Å². The predicted molar refractivity (Wildman–Crippen MR) is 91.8 cm³/mol. The molecule has 1 fully saturated rings. The minimum absolute atomic E-state index is 0.777. The van der Waals surface area contributed by atoms with E-state index in [0.29, 0.717) is 0 Å². The third-order valence-corrected chi connectivity index (χ3v) is 3.94. The van der Waals surface area contributed by atoms with Gasteiger partial charge in [0.05, 0.1) is 13.2 Å². The molecule has 0 radical (unpaired) electrons. The Bertz CT molecular complexity index is 623. The summed E-state index contributed by atoms with van der Waals surface area (Å²) in [5.74, 6) is 1.07. The molecule has 1 aromatic carbocycles. The van der Waals surface area contributed by atoms with E-state index in [2.05, 4.69) is 58.5 Å². The number of nitrogens with zero attached hydrogens (tertiary/aromatic N) is 3. The van der Waals surface area contributed by atoms with Gasteiger partial charge < -0.3 is 19.9 Å². The number of likely N-dealkylation sites (N-methyl/N-ethyl adjacent to an activating group) is 1. The van der Waals surface area contributed by atoms with Crippen LogP contribution in [0.15, 0.2) is 30.5 Å². The van der Waals surface area contributed by atoms with Crippen molar-refractivity contribution in [2.45, 2.75) is 0 Å². The standard InChI is InChI=1S/C17H24N4O/c1-20(2)8-7-18-15-4-3-14-5-6-19-17(16(14)13-15)21-9-11-22-12-10-21/h3-6,13,18H,7-12H2,1-2H3. The quantitative estimate of drug-likeness (QED) is 0.915. The van der Waals surface area contributed by atoms with E-state index in [1.807, 2.05) is 6.20 Å². The Labute approximate surface area is 131 Å². The van der Waals surface area contributed by atoms with Crippen molar-refractivity contribution in [3.8, 4) is 0 Å². The van der Waals surface area contributed by atoms with Gasteiger partial charge >= 0.3 is 0 Å². The molecule has 2 aromatic rings. The molecule has 1 aliphatic rings. The minimum Gasteiger partial charge on any atom is -0.384 e. The van der Waals surface area contributed by atoms with Gasteiger partial charge in [0.2, 0.25) is 0 Å². The maximum Gasteiger partial charge on any atom is 0.136 e. The Morgan fingerprint density at radius 3 is 2.82 bits per heavy atom. The zero-order valence-electron chi connectivity index (χ0n) is 13.4. The lowest BCUT2D eigenvalue weighted by molar-refractivity contribution is 0.122. The van der Waals surface area contributed by atoms with Crippen LogP contribution >= 0.6 is 0 Å². The van der Waals surface area contributed by atoms with Crippen LogP contribution < -0.4 is 10.2 Å². The molecule has 2 heterocycles. The summed E-state index contributed by atoms with van der Waals surface area (Å²) in [6, 6.07) is 8.59. The van der Waals surface area contributed by atoms with Crippen LogP contribution in [0.25, 0.3) is 10.8 Å². The minimum atomic E-state index is 0.777. The van der Waals surface area contributed by atoms with Crippen molar-refractivity contribution in [1.82, 2.24) is 9.88 Å². The molecule has 0 unspecified atom stereocenters. The van der Waals surface area contributed by atoms with Gasteiger partial charge in [-0.25, -0.2) is 4.98 Å². The number of rotatable bonds is 5. The summed E-state index contributed by atoms with van der Waals surface area (Å²) in [5.41, 5.74) is 1.15. The van der Waals surface area contributed by atoms with Crippen LogP contribution in [-0.2, 0) is 4.74 Å². The SMILES string of the molecule is CN(C)CCNc1ccc2ccnc(N3CCOCC3)c2c1. The van der Waals surface area contributed by atoms with E-state index < -0.39 is 0 Å². The van der Waals surface area contributed by atoms with Crippen LogP contribution in [0.5, 0.6) is 0 Å². The van der Waals surface area contributed by atoms with Gasteiger partial charge in [-0.2, -0.15) is 0 Å². The van der Waals surface area contributed by atoms with Crippen LogP contribution in [0.4, 0.5) is 11.5 Å². The Morgan fingerprint density at radius 2 is 2.05 bits per heavy atom. The molecule has 1 aliphatic heterocycles. The van der Waals surface area contributed by atoms with Crippen molar-refractivity contribution in [1.29, 1.82) is 0 Å². The number of morpholine rings is 1. The maximum atomic E-state index is 5.45. The molecule has 0 aliphatic carbocycles. The van der Waals surface area contributed by atoms with Gasteiger partial charge in [-0.05, 0) is 37.7 Å².